The summed E-state index contributed by atoms with van der Waals surface area (Å²) in [5, 5.41) is 0. The molecule has 0 amide bonds. The van der Waals surface area contributed by atoms with Crippen LogP contribution in [0.25, 0.3) is 0 Å². The van der Waals surface area contributed by atoms with Gasteiger partial charge in [-0.25, -0.2) is 0 Å². The van der Waals surface area contributed by atoms with Crippen molar-refractivity contribution >= 4 is 0 Å². The number of hydrogen-bond acceptors (Lipinski definition) is 0. The number of fused-ring (bicyclic) bond motifs is 1. The molecule has 2 aliphatic rings. The van der Waals surface area contributed by atoms with Crippen LogP contribution in [-0.2, 0) is 0 Å². The van der Waals surface area contributed by atoms with Crippen molar-refractivity contribution in [2.24, 2.45) is 40.4 Å². The molecule has 2 aliphatic carbocycles. The van der Waals surface area contributed by atoms with Crippen molar-refractivity contribution < 1.29 is 0 Å². The zero-order chi connectivity index (χ0) is 13.0. The molecule has 6 unspecified atom stereocenters. The van der Waals surface area contributed by atoms with E-state index in [1.54, 1.807) is 0 Å². The van der Waals surface area contributed by atoms with Crippen LogP contribution in [-0.4, -0.2) is 0 Å². The molecule has 0 heteroatoms. The third-order valence-corrected chi connectivity index (χ3v) is 7.50. The molecule has 0 radical (unpaired) electrons. The Labute approximate surface area is 109 Å². The average Bonchev–Trinajstić information content (AvgIpc) is 2.30. The second-order valence-corrected chi connectivity index (χ2v) is 7.83. The zero-order valence-electron chi connectivity index (χ0n) is 13.0. The lowest BCUT2D eigenvalue weighted by Gasteiger charge is -2.76. The van der Waals surface area contributed by atoms with Gasteiger partial charge in [0.25, 0.3) is 0 Å². The molecular formula is C17H32. The van der Waals surface area contributed by atoms with Gasteiger partial charge in [0.1, 0.15) is 0 Å². The third kappa shape index (κ3) is 1.48. The van der Waals surface area contributed by atoms with Gasteiger partial charge in [0.15, 0.2) is 0 Å². The lowest BCUT2D eigenvalue weighted by molar-refractivity contribution is -0.272. The van der Waals surface area contributed by atoms with Crippen LogP contribution >= 0.6 is 0 Å². The molecule has 2 saturated carbocycles. The summed E-state index contributed by atoms with van der Waals surface area (Å²) in [5.74, 6) is 4.62. The summed E-state index contributed by atoms with van der Waals surface area (Å²) >= 11 is 0. The van der Waals surface area contributed by atoms with Crippen molar-refractivity contribution in [1.29, 1.82) is 0 Å². The molecule has 0 spiro atoms. The zero-order valence-corrected chi connectivity index (χ0v) is 13.0. The van der Waals surface area contributed by atoms with Crippen LogP contribution in [0.4, 0.5) is 0 Å². The maximum atomic E-state index is 2.60. The molecule has 0 aromatic rings. The molecule has 0 heterocycles. The van der Waals surface area contributed by atoms with Crippen molar-refractivity contribution in [3.8, 4) is 0 Å². The van der Waals surface area contributed by atoms with Crippen molar-refractivity contribution in [2.75, 3.05) is 0 Å². The topological polar surface area (TPSA) is 0 Å². The van der Waals surface area contributed by atoms with Crippen molar-refractivity contribution in [2.45, 2.75) is 67.7 Å². The van der Waals surface area contributed by atoms with Gasteiger partial charge in [0.2, 0.25) is 0 Å². The predicted octanol–water partition coefficient (Wildman–Crippen LogP) is 5.38. The molecule has 0 saturated heterocycles. The van der Waals surface area contributed by atoms with E-state index < -0.39 is 0 Å². The molecular weight excluding hydrogens is 204 g/mol. The summed E-state index contributed by atoms with van der Waals surface area (Å²) in [6.45, 7) is 17.4. The highest BCUT2D eigenvalue weighted by molar-refractivity contribution is 5.18. The Morgan fingerprint density at radius 2 is 1.71 bits per heavy atom. The van der Waals surface area contributed by atoms with Crippen molar-refractivity contribution in [1.82, 2.24) is 0 Å². The van der Waals surface area contributed by atoms with E-state index in [-0.39, 0.29) is 0 Å². The number of rotatable bonds is 4. The first-order chi connectivity index (χ1) is 7.79. The molecule has 17 heavy (non-hydrogen) atoms. The predicted molar refractivity (Wildman–Crippen MR) is 75.9 cm³/mol. The maximum absolute atomic E-state index is 2.60. The van der Waals surface area contributed by atoms with Gasteiger partial charge >= 0.3 is 0 Å². The van der Waals surface area contributed by atoms with Crippen molar-refractivity contribution in [3.63, 3.8) is 0 Å². The minimum absolute atomic E-state index is 0.611. The van der Waals surface area contributed by atoms with E-state index in [0.717, 1.165) is 29.6 Å². The van der Waals surface area contributed by atoms with Crippen LogP contribution in [0.1, 0.15) is 67.7 Å². The highest BCUT2D eigenvalue weighted by atomic mass is 14.7. The quantitative estimate of drug-likeness (QED) is 0.615. The fraction of sp³-hybridized carbons (Fsp3) is 1.00. The molecule has 6 atom stereocenters. The molecule has 0 aromatic heterocycles. The lowest BCUT2D eigenvalue weighted by Crippen LogP contribution is -2.69. The Morgan fingerprint density at radius 1 is 1.12 bits per heavy atom. The van der Waals surface area contributed by atoms with Crippen LogP contribution in [0.3, 0.4) is 0 Å². The molecule has 2 fully saturated rings. The summed E-state index contributed by atoms with van der Waals surface area (Å²) in [6.07, 6.45) is 4.41. The van der Waals surface area contributed by atoms with E-state index in [1.165, 1.54) is 19.3 Å². The van der Waals surface area contributed by atoms with Crippen LogP contribution in [0.15, 0.2) is 0 Å². The van der Waals surface area contributed by atoms with Crippen LogP contribution in [0, 0.1) is 40.4 Å². The Kier molecular flexibility index (Phi) is 3.16. The van der Waals surface area contributed by atoms with Crippen molar-refractivity contribution in [3.05, 3.63) is 0 Å². The third-order valence-electron chi connectivity index (χ3n) is 7.50. The van der Waals surface area contributed by atoms with E-state index in [1.807, 2.05) is 0 Å². The summed E-state index contributed by atoms with van der Waals surface area (Å²) in [7, 11) is 0. The van der Waals surface area contributed by atoms with Gasteiger partial charge in [0.05, 0.1) is 0 Å². The van der Waals surface area contributed by atoms with E-state index in [2.05, 4.69) is 48.5 Å². The summed E-state index contributed by atoms with van der Waals surface area (Å²) in [4.78, 5) is 0. The summed E-state index contributed by atoms with van der Waals surface area (Å²) in [6, 6.07) is 0. The maximum Gasteiger partial charge on any atom is -0.0212 e. The molecule has 0 bridgehead atoms. The highest BCUT2D eigenvalue weighted by Crippen LogP contribution is 2.77. The summed E-state index contributed by atoms with van der Waals surface area (Å²) < 4.78 is 0. The first-order valence-corrected chi connectivity index (χ1v) is 7.79. The van der Waals surface area contributed by atoms with Gasteiger partial charge in [-0.3, -0.25) is 0 Å². The van der Waals surface area contributed by atoms with Gasteiger partial charge in [-0.1, -0.05) is 54.9 Å². The van der Waals surface area contributed by atoms with Gasteiger partial charge in [0, 0.05) is 0 Å². The molecule has 100 valence electrons. The molecule has 0 N–H and O–H groups in total. The van der Waals surface area contributed by atoms with Gasteiger partial charge in [-0.2, -0.15) is 0 Å². The molecule has 0 aromatic carbocycles. The number of hydrogen-bond donors (Lipinski definition) is 0. The van der Waals surface area contributed by atoms with E-state index >= 15 is 0 Å². The molecule has 0 nitrogen and oxygen atoms in total. The fourth-order valence-corrected chi connectivity index (χ4v) is 5.26. The minimum atomic E-state index is 0.611. The Hall–Kier alpha value is 0. The first kappa shape index (κ1) is 13.4. The van der Waals surface area contributed by atoms with Gasteiger partial charge in [-0.15, -0.1) is 0 Å². The normalized spacial score (nSPS) is 48.0. The first-order valence-electron chi connectivity index (χ1n) is 7.79. The van der Waals surface area contributed by atoms with Crippen LogP contribution in [0.5, 0.6) is 0 Å². The average molecular weight is 236 g/mol. The SMILES string of the molecule is CCC1CC2CC(C)(C(C)C(C)C(C)C)C12C. The Morgan fingerprint density at radius 3 is 2.12 bits per heavy atom. The highest BCUT2D eigenvalue weighted by Gasteiger charge is 2.70. The largest absolute Gasteiger partial charge is 0.0651 e. The Bertz CT molecular complexity index is 292. The minimum Gasteiger partial charge on any atom is -0.0651 e. The summed E-state index contributed by atoms with van der Waals surface area (Å²) in [5.41, 5.74) is 1.28. The monoisotopic (exact) mass is 236 g/mol. The van der Waals surface area contributed by atoms with Crippen LogP contribution < -0.4 is 0 Å². The standard InChI is InChI=1S/C17H32/c1-8-14-9-15-10-16(6,17(14,15)7)13(5)12(4)11(2)3/h11-15H,8-10H2,1-7H3. The van der Waals surface area contributed by atoms with Gasteiger partial charge < -0.3 is 0 Å². The van der Waals surface area contributed by atoms with E-state index in [9.17, 15) is 0 Å². The second kappa shape index (κ2) is 4.00. The Balaban J connectivity index is 2.15. The molecule has 2 rings (SSSR count). The second-order valence-electron chi connectivity index (χ2n) is 7.83. The lowest BCUT2D eigenvalue weighted by atomic mass is 9.29. The van der Waals surface area contributed by atoms with Gasteiger partial charge in [-0.05, 0) is 53.3 Å². The molecule has 0 aliphatic heterocycles. The smallest absolute Gasteiger partial charge is 0.0212 e. The van der Waals surface area contributed by atoms with Crippen LogP contribution in [0.2, 0.25) is 0 Å². The van der Waals surface area contributed by atoms with E-state index in [0.29, 0.717) is 10.8 Å². The van der Waals surface area contributed by atoms with E-state index in [4.69, 9.17) is 0 Å². The fourth-order valence-electron chi connectivity index (χ4n) is 5.26.